The Morgan fingerprint density at radius 1 is 1.42 bits per heavy atom. The Morgan fingerprint density at radius 2 is 2.00 bits per heavy atom. The highest BCUT2D eigenvalue weighted by Gasteiger charge is 2.14. The predicted octanol–water partition coefficient (Wildman–Crippen LogP) is 2.94. The van der Waals surface area contributed by atoms with Crippen LogP contribution in [0.2, 0.25) is 0 Å². The van der Waals surface area contributed by atoms with E-state index in [9.17, 15) is 0 Å². The van der Waals surface area contributed by atoms with Crippen LogP contribution in [0.3, 0.4) is 0 Å². The molecule has 1 aromatic heterocycles. The van der Waals surface area contributed by atoms with Crippen molar-refractivity contribution in [3.05, 3.63) is 10.7 Å². The van der Waals surface area contributed by atoms with Gasteiger partial charge in [-0.05, 0) is 19.8 Å². The van der Waals surface area contributed by atoms with Crippen LogP contribution in [0.15, 0.2) is 0 Å². The van der Waals surface area contributed by atoms with Crippen LogP contribution in [-0.4, -0.2) is 4.98 Å². The summed E-state index contributed by atoms with van der Waals surface area (Å²) >= 11 is 1.59. The van der Waals surface area contributed by atoms with Gasteiger partial charge in [-0.2, -0.15) is 0 Å². The molecule has 0 aliphatic heterocycles. The summed E-state index contributed by atoms with van der Waals surface area (Å²) < 4.78 is 0. The second kappa shape index (κ2) is 3.90. The summed E-state index contributed by atoms with van der Waals surface area (Å²) in [7, 11) is 0. The van der Waals surface area contributed by atoms with Crippen LogP contribution in [0.5, 0.6) is 0 Å². The minimum Gasteiger partial charge on any atom is -0.389 e. The fourth-order valence-corrected chi connectivity index (χ4v) is 2.21. The van der Waals surface area contributed by atoms with Crippen molar-refractivity contribution in [3.63, 3.8) is 0 Å². The van der Waals surface area contributed by atoms with Gasteiger partial charge in [0.25, 0.3) is 0 Å². The Balaban J connectivity index is 2.91. The molecular formula is C9H16N2S. The summed E-state index contributed by atoms with van der Waals surface area (Å²) in [6.45, 7) is 6.37. The Labute approximate surface area is 77.8 Å². The zero-order chi connectivity index (χ0) is 9.14. The van der Waals surface area contributed by atoms with Crippen molar-refractivity contribution in [1.29, 1.82) is 0 Å². The number of hydrogen-bond acceptors (Lipinski definition) is 3. The highest BCUT2D eigenvalue weighted by molar-refractivity contribution is 7.15. The van der Waals surface area contributed by atoms with Crippen LogP contribution < -0.4 is 5.73 Å². The molecule has 0 aliphatic rings. The molecule has 0 fully saturated rings. The molecule has 68 valence electrons. The van der Waals surface area contributed by atoms with Gasteiger partial charge in [-0.25, -0.2) is 4.98 Å². The number of rotatable bonds is 3. The number of nitrogen functional groups attached to an aromatic ring is 1. The van der Waals surface area contributed by atoms with Gasteiger partial charge in [0.15, 0.2) is 0 Å². The number of thiazole rings is 1. The van der Waals surface area contributed by atoms with Crippen molar-refractivity contribution >= 4 is 16.3 Å². The second-order valence-electron chi connectivity index (χ2n) is 3.00. The number of anilines is 1. The molecule has 0 aliphatic carbocycles. The minimum atomic E-state index is 0.551. The van der Waals surface area contributed by atoms with Crippen molar-refractivity contribution in [2.24, 2.45) is 0 Å². The molecule has 2 N–H and O–H groups in total. The standard InChI is InChI=1S/C9H16N2S/c1-4-7(5-2)8-9(10)12-6(3)11-8/h7H,4-5,10H2,1-3H3. The van der Waals surface area contributed by atoms with E-state index in [1.807, 2.05) is 6.92 Å². The fourth-order valence-electron chi connectivity index (χ4n) is 1.43. The lowest BCUT2D eigenvalue weighted by Crippen LogP contribution is -1.99. The third-order valence-corrected chi connectivity index (χ3v) is 2.98. The molecule has 0 saturated carbocycles. The molecule has 0 unspecified atom stereocenters. The Hall–Kier alpha value is -0.570. The van der Waals surface area contributed by atoms with Crippen LogP contribution in [0.25, 0.3) is 0 Å². The van der Waals surface area contributed by atoms with Crippen LogP contribution in [0, 0.1) is 6.92 Å². The normalized spacial score (nSPS) is 11.0. The maximum Gasteiger partial charge on any atom is 0.110 e. The van der Waals surface area contributed by atoms with Gasteiger partial charge in [0.2, 0.25) is 0 Å². The molecule has 1 heterocycles. The van der Waals surface area contributed by atoms with Crippen molar-refractivity contribution in [2.45, 2.75) is 39.5 Å². The van der Waals surface area contributed by atoms with Gasteiger partial charge in [0.1, 0.15) is 5.00 Å². The van der Waals surface area contributed by atoms with Crippen LogP contribution in [0.1, 0.15) is 43.3 Å². The van der Waals surface area contributed by atoms with Crippen LogP contribution in [-0.2, 0) is 0 Å². The number of aromatic nitrogens is 1. The SMILES string of the molecule is CCC(CC)c1nc(C)sc1N. The molecule has 0 aromatic carbocycles. The first kappa shape index (κ1) is 9.52. The molecule has 0 atom stereocenters. The average molecular weight is 184 g/mol. The van der Waals surface area contributed by atoms with E-state index >= 15 is 0 Å². The third kappa shape index (κ3) is 1.78. The van der Waals surface area contributed by atoms with E-state index in [-0.39, 0.29) is 0 Å². The maximum atomic E-state index is 5.85. The number of nitrogens with two attached hydrogens (primary N) is 1. The molecule has 0 radical (unpaired) electrons. The zero-order valence-corrected chi connectivity index (χ0v) is 8.74. The topological polar surface area (TPSA) is 38.9 Å². The van der Waals surface area contributed by atoms with Gasteiger partial charge in [-0.3, -0.25) is 0 Å². The van der Waals surface area contributed by atoms with Crippen molar-refractivity contribution < 1.29 is 0 Å². The van der Waals surface area contributed by atoms with E-state index in [0.29, 0.717) is 5.92 Å². The van der Waals surface area contributed by atoms with Gasteiger partial charge >= 0.3 is 0 Å². The molecule has 0 saturated heterocycles. The highest BCUT2D eigenvalue weighted by Crippen LogP contribution is 2.30. The zero-order valence-electron chi connectivity index (χ0n) is 7.92. The Morgan fingerprint density at radius 3 is 2.33 bits per heavy atom. The van der Waals surface area contributed by atoms with Crippen molar-refractivity contribution in [1.82, 2.24) is 4.98 Å². The third-order valence-electron chi connectivity index (χ3n) is 2.16. The van der Waals surface area contributed by atoms with E-state index in [4.69, 9.17) is 5.73 Å². The molecule has 0 spiro atoms. The molecule has 1 aromatic rings. The largest absolute Gasteiger partial charge is 0.389 e. The van der Waals surface area contributed by atoms with Crippen molar-refractivity contribution in [2.75, 3.05) is 5.73 Å². The van der Waals surface area contributed by atoms with Gasteiger partial charge < -0.3 is 5.73 Å². The molecule has 2 nitrogen and oxygen atoms in total. The number of hydrogen-bond donors (Lipinski definition) is 1. The predicted molar refractivity (Wildman–Crippen MR) is 54.6 cm³/mol. The molecular weight excluding hydrogens is 168 g/mol. The lowest BCUT2D eigenvalue weighted by Gasteiger charge is -2.09. The highest BCUT2D eigenvalue weighted by atomic mass is 32.1. The summed E-state index contributed by atoms with van der Waals surface area (Å²) in [4.78, 5) is 4.45. The maximum absolute atomic E-state index is 5.85. The summed E-state index contributed by atoms with van der Waals surface area (Å²) in [5, 5.41) is 1.98. The van der Waals surface area contributed by atoms with Gasteiger partial charge in [0.05, 0.1) is 10.7 Å². The summed E-state index contributed by atoms with van der Waals surface area (Å²) in [5.41, 5.74) is 6.96. The molecule has 0 bridgehead atoms. The molecule has 3 heteroatoms. The van der Waals surface area contributed by atoms with E-state index < -0.39 is 0 Å². The van der Waals surface area contributed by atoms with Gasteiger partial charge in [-0.15, -0.1) is 11.3 Å². The minimum absolute atomic E-state index is 0.551. The molecule has 12 heavy (non-hydrogen) atoms. The fraction of sp³-hybridized carbons (Fsp3) is 0.667. The van der Waals surface area contributed by atoms with Crippen molar-refractivity contribution in [3.8, 4) is 0 Å². The Kier molecular flexibility index (Phi) is 3.09. The first-order chi connectivity index (χ1) is 5.69. The lowest BCUT2D eigenvalue weighted by molar-refractivity contribution is 0.628. The smallest absolute Gasteiger partial charge is 0.110 e. The van der Waals surface area contributed by atoms with E-state index in [1.54, 1.807) is 11.3 Å². The van der Waals surface area contributed by atoms with E-state index in [1.165, 1.54) is 0 Å². The number of aryl methyl sites for hydroxylation is 1. The van der Waals surface area contributed by atoms with Gasteiger partial charge in [-0.1, -0.05) is 13.8 Å². The second-order valence-corrected chi connectivity index (χ2v) is 4.23. The molecule has 1 rings (SSSR count). The summed E-state index contributed by atoms with van der Waals surface area (Å²) in [6.07, 6.45) is 2.26. The summed E-state index contributed by atoms with van der Waals surface area (Å²) in [6, 6.07) is 0. The number of nitrogens with zero attached hydrogens (tertiary/aromatic N) is 1. The average Bonchev–Trinajstić information content (AvgIpc) is 2.34. The molecule has 0 amide bonds. The summed E-state index contributed by atoms with van der Waals surface area (Å²) in [5.74, 6) is 0.551. The van der Waals surface area contributed by atoms with Crippen LogP contribution >= 0.6 is 11.3 Å². The monoisotopic (exact) mass is 184 g/mol. The Bertz CT molecular complexity index is 251. The van der Waals surface area contributed by atoms with Gasteiger partial charge in [0, 0.05) is 5.92 Å². The quantitative estimate of drug-likeness (QED) is 0.784. The first-order valence-corrected chi connectivity index (χ1v) is 5.23. The lowest BCUT2D eigenvalue weighted by atomic mass is 10.00. The van der Waals surface area contributed by atoms with E-state index in [0.717, 1.165) is 28.5 Å². The van der Waals surface area contributed by atoms with Crippen LogP contribution in [0.4, 0.5) is 5.00 Å². The van der Waals surface area contributed by atoms with E-state index in [2.05, 4.69) is 18.8 Å². The first-order valence-electron chi connectivity index (χ1n) is 4.41.